The number of thiophene rings is 1. The number of benzene rings is 1. The summed E-state index contributed by atoms with van der Waals surface area (Å²) in [6, 6.07) is 11.9. The molecule has 0 bridgehead atoms. The third kappa shape index (κ3) is 6.17. The van der Waals surface area contributed by atoms with Gasteiger partial charge in [-0.25, -0.2) is 0 Å². The van der Waals surface area contributed by atoms with E-state index in [0.29, 0.717) is 5.92 Å². The van der Waals surface area contributed by atoms with Gasteiger partial charge in [-0.05, 0) is 22.9 Å². The van der Waals surface area contributed by atoms with Crippen molar-refractivity contribution in [2.45, 2.75) is 32.0 Å². The molecule has 1 atom stereocenters. The number of carbonyl (C=O) groups excluding carboxylic acids is 1. The van der Waals surface area contributed by atoms with E-state index in [4.69, 9.17) is 0 Å². The van der Waals surface area contributed by atoms with Crippen LogP contribution in [0.3, 0.4) is 0 Å². The summed E-state index contributed by atoms with van der Waals surface area (Å²) in [7, 11) is 0. The molecule has 25 heavy (non-hydrogen) atoms. The standard InChI is InChI=1S/C18H21F3N2OS/c1-12(2)13-5-7-14(8-6-13)17(15-4-3-9-25-15)22-10-16(24)23-11-18(19,20)21/h3-9,12,17,22H,10-11H2,1-2H3,(H,23,24)/p+1/t17-/m0/s1. The van der Waals surface area contributed by atoms with Crippen LogP contribution in [0.25, 0.3) is 0 Å². The fraction of sp³-hybridized carbons (Fsp3) is 0.389. The van der Waals surface area contributed by atoms with E-state index in [1.807, 2.05) is 35.0 Å². The van der Waals surface area contributed by atoms with Crippen molar-refractivity contribution < 1.29 is 23.3 Å². The lowest BCUT2D eigenvalue weighted by atomic mass is 9.98. The van der Waals surface area contributed by atoms with E-state index in [0.717, 1.165) is 10.4 Å². The Bertz CT molecular complexity index is 667. The summed E-state index contributed by atoms with van der Waals surface area (Å²) >= 11 is 1.56. The molecule has 2 rings (SSSR count). The van der Waals surface area contributed by atoms with Crippen LogP contribution >= 0.6 is 11.3 Å². The lowest BCUT2D eigenvalue weighted by molar-refractivity contribution is -0.676. The highest BCUT2D eigenvalue weighted by Crippen LogP contribution is 2.24. The predicted octanol–water partition coefficient (Wildman–Crippen LogP) is 3.20. The number of alkyl halides is 3. The quantitative estimate of drug-likeness (QED) is 0.771. The molecule has 0 aliphatic carbocycles. The van der Waals surface area contributed by atoms with Gasteiger partial charge in [0.2, 0.25) is 0 Å². The highest BCUT2D eigenvalue weighted by Gasteiger charge is 2.28. The van der Waals surface area contributed by atoms with Gasteiger partial charge < -0.3 is 10.6 Å². The number of quaternary nitrogens is 1. The number of nitrogens with two attached hydrogens (primary N) is 1. The van der Waals surface area contributed by atoms with Crippen molar-refractivity contribution in [1.29, 1.82) is 0 Å². The van der Waals surface area contributed by atoms with Gasteiger partial charge in [-0.3, -0.25) is 4.79 Å². The highest BCUT2D eigenvalue weighted by molar-refractivity contribution is 7.10. The molecule has 0 saturated carbocycles. The molecule has 0 fully saturated rings. The van der Waals surface area contributed by atoms with Gasteiger partial charge in [0, 0.05) is 5.56 Å². The van der Waals surface area contributed by atoms with E-state index in [1.165, 1.54) is 5.56 Å². The fourth-order valence-electron chi connectivity index (χ4n) is 2.47. The van der Waals surface area contributed by atoms with Crippen molar-refractivity contribution in [2.75, 3.05) is 13.1 Å². The van der Waals surface area contributed by atoms with E-state index < -0.39 is 18.6 Å². The van der Waals surface area contributed by atoms with Gasteiger partial charge >= 0.3 is 6.18 Å². The Morgan fingerprint density at radius 3 is 2.32 bits per heavy atom. The summed E-state index contributed by atoms with van der Waals surface area (Å²) < 4.78 is 36.5. The fourth-order valence-corrected chi connectivity index (χ4v) is 3.32. The van der Waals surface area contributed by atoms with Crippen molar-refractivity contribution in [3.05, 3.63) is 57.8 Å². The van der Waals surface area contributed by atoms with Crippen LogP contribution in [-0.2, 0) is 4.79 Å². The number of nitrogens with one attached hydrogen (secondary N) is 1. The van der Waals surface area contributed by atoms with Crippen LogP contribution in [0.5, 0.6) is 0 Å². The van der Waals surface area contributed by atoms with Gasteiger partial charge in [-0.1, -0.05) is 44.2 Å². The second kappa shape index (κ2) is 8.49. The minimum absolute atomic E-state index is 0.0649. The minimum atomic E-state index is -4.39. The molecule has 2 aromatic rings. The average molecular weight is 371 g/mol. The number of hydrogen-bond donors (Lipinski definition) is 2. The molecule has 0 saturated heterocycles. The Labute approximate surface area is 149 Å². The van der Waals surface area contributed by atoms with Crippen molar-refractivity contribution in [3.63, 3.8) is 0 Å². The molecule has 0 radical (unpaired) electrons. The van der Waals surface area contributed by atoms with E-state index in [-0.39, 0.29) is 12.6 Å². The first-order valence-electron chi connectivity index (χ1n) is 8.06. The topological polar surface area (TPSA) is 45.7 Å². The number of amides is 1. The third-order valence-electron chi connectivity index (χ3n) is 3.84. The van der Waals surface area contributed by atoms with E-state index in [1.54, 1.807) is 16.7 Å². The molecule has 1 aromatic heterocycles. The van der Waals surface area contributed by atoms with Crippen LogP contribution < -0.4 is 10.6 Å². The maximum atomic E-state index is 12.2. The molecular weight excluding hydrogens is 349 g/mol. The summed E-state index contributed by atoms with van der Waals surface area (Å²) in [5.41, 5.74) is 2.24. The van der Waals surface area contributed by atoms with Gasteiger partial charge in [0.15, 0.2) is 6.54 Å². The first-order chi connectivity index (χ1) is 11.8. The van der Waals surface area contributed by atoms with Gasteiger partial charge in [-0.2, -0.15) is 13.2 Å². The second-order valence-corrected chi connectivity index (χ2v) is 7.13. The summed E-state index contributed by atoms with van der Waals surface area (Å²) in [6.45, 7) is 2.86. The lowest BCUT2D eigenvalue weighted by Crippen LogP contribution is -2.87. The summed E-state index contributed by atoms with van der Waals surface area (Å²) in [4.78, 5) is 12.8. The van der Waals surface area contributed by atoms with Crippen LogP contribution in [0.2, 0.25) is 0 Å². The first-order valence-corrected chi connectivity index (χ1v) is 8.94. The molecule has 3 nitrogen and oxygen atoms in total. The molecule has 7 heteroatoms. The molecule has 1 aromatic carbocycles. The van der Waals surface area contributed by atoms with E-state index >= 15 is 0 Å². The van der Waals surface area contributed by atoms with Crippen molar-refractivity contribution >= 4 is 17.2 Å². The zero-order chi connectivity index (χ0) is 18.4. The first kappa shape index (κ1) is 19.5. The molecule has 0 aliphatic rings. The van der Waals surface area contributed by atoms with Crippen molar-refractivity contribution in [2.24, 2.45) is 0 Å². The van der Waals surface area contributed by atoms with Gasteiger partial charge in [-0.15, -0.1) is 11.3 Å². The van der Waals surface area contributed by atoms with Gasteiger partial charge in [0.1, 0.15) is 12.6 Å². The van der Waals surface area contributed by atoms with Crippen molar-refractivity contribution in [1.82, 2.24) is 5.32 Å². The smallest absolute Gasteiger partial charge is 0.342 e. The van der Waals surface area contributed by atoms with Crippen LogP contribution in [0.1, 0.15) is 41.8 Å². The maximum Gasteiger partial charge on any atom is 0.405 e. The Hall–Kier alpha value is -1.86. The van der Waals surface area contributed by atoms with Crippen molar-refractivity contribution in [3.8, 4) is 0 Å². The lowest BCUT2D eigenvalue weighted by Gasteiger charge is -2.16. The molecule has 0 spiro atoms. The van der Waals surface area contributed by atoms with Gasteiger partial charge in [0.25, 0.3) is 5.91 Å². The Morgan fingerprint density at radius 2 is 1.80 bits per heavy atom. The average Bonchev–Trinajstić information content (AvgIpc) is 3.07. The molecule has 1 amide bonds. The Balaban J connectivity index is 2.06. The molecule has 0 aliphatic heterocycles. The normalized spacial score (nSPS) is 13.0. The Morgan fingerprint density at radius 1 is 1.16 bits per heavy atom. The summed E-state index contributed by atoms with van der Waals surface area (Å²) in [5, 5.41) is 5.62. The molecule has 136 valence electrons. The molecule has 3 N–H and O–H groups in total. The Kier molecular flexibility index (Phi) is 6.61. The second-order valence-electron chi connectivity index (χ2n) is 6.15. The maximum absolute atomic E-state index is 12.2. The molecular formula is C18H22F3N2OS+. The predicted molar refractivity (Wildman–Crippen MR) is 92.6 cm³/mol. The monoisotopic (exact) mass is 371 g/mol. The SMILES string of the molecule is CC(C)c1ccc([C@H]([NH2+]CC(=O)NCC(F)(F)F)c2cccs2)cc1. The number of carbonyl (C=O) groups is 1. The summed E-state index contributed by atoms with van der Waals surface area (Å²) in [5.74, 6) is -0.205. The van der Waals surface area contributed by atoms with Crippen LogP contribution in [-0.4, -0.2) is 25.2 Å². The van der Waals surface area contributed by atoms with E-state index in [9.17, 15) is 18.0 Å². The summed E-state index contributed by atoms with van der Waals surface area (Å²) in [6.07, 6.45) is -4.39. The number of hydrogen-bond acceptors (Lipinski definition) is 2. The number of halogens is 3. The zero-order valence-electron chi connectivity index (χ0n) is 14.1. The largest absolute Gasteiger partial charge is 0.405 e. The van der Waals surface area contributed by atoms with Gasteiger partial charge in [0.05, 0.1) is 4.88 Å². The zero-order valence-corrected chi connectivity index (χ0v) is 15.0. The van der Waals surface area contributed by atoms with Crippen LogP contribution in [0.15, 0.2) is 41.8 Å². The molecule has 1 heterocycles. The van der Waals surface area contributed by atoms with Crippen LogP contribution in [0.4, 0.5) is 13.2 Å². The molecule has 0 unspecified atom stereocenters. The van der Waals surface area contributed by atoms with Crippen LogP contribution in [0, 0.1) is 0 Å². The number of rotatable bonds is 7. The minimum Gasteiger partial charge on any atom is -0.342 e. The van der Waals surface area contributed by atoms with E-state index in [2.05, 4.69) is 26.0 Å². The highest BCUT2D eigenvalue weighted by atomic mass is 32.1. The third-order valence-corrected chi connectivity index (χ3v) is 4.79.